The number of ether oxygens (including phenoxy) is 6. The standard InChI is InChI=1S/C34H44O12/c1-30(2,3)44-27(36)26-33(40,28(37)38)34(29(39)45-31(4,5)6)25(42-21-23-16-11-8-12-17-23)24(32(43-26,46-34)18-13-19-35)41-20-22-14-9-7-10-15-22/h7-12,14-17,24-26,35,40H,13,18-21H2,1-6H3,(H,37,38)/t24-,25-,26-,32+,33-,34+/m1/s1. The zero-order valence-corrected chi connectivity index (χ0v) is 27.1. The van der Waals surface area contributed by atoms with Crippen LogP contribution in [0.3, 0.4) is 0 Å². The minimum Gasteiger partial charge on any atom is -0.479 e. The first-order chi connectivity index (χ1) is 21.5. The molecule has 0 aromatic heterocycles. The number of esters is 2. The third-order valence-corrected chi connectivity index (χ3v) is 7.58. The number of hydrogen-bond donors (Lipinski definition) is 3. The zero-order valence-electron chi connectivity index (χ0n) is 27.1. The molecule has 6 atom stereocenters. The highest BCUT2D eigenvalue weighted by Gasteiger charge is 2.86. The Balaban J connectivity index is 1.98. The van der Waals surface area contributed by atoms with Crippen LogP contribution in [0.15, 0.2) is 60.7 Å². The van der Waals surface area contributed by atoms with Crippen molar-refractivity contribution >= 4 is 17.9 Å². The molecule has 2 fully saturated rings. The largest absolute Gasteiger partial charge is 0.479 e. The predicted octanol–water partition coefficient (Wildman–Crippen LogP) is 3.29. The van der Waals surface area contributed by atoms with E-state index in [4.69, 9.17) is 28.4 Å². The molecule has 12 heteroatoms. The molecule has 12 nitrogen and oxygen atoms in total. The maximum Gasteiger partial charge on any atom is 0.345 e. The molecule has 0 spiro atoms. The molecule has 2 heterocycles. The third-order valence-electron chi connectivity index (χ3n) is 7.58. The molecule has 0 amide bonds. The lowest BCUT2D eigenvalue weighted by Crippen LogP contribution is -2.78. The molecule has 2 aliphatic rings. The van der Waals surface area contributed by atoms with Crippen LogP contribution >= 0.6 is 0 Å². The summed E-state index contributed by atoms with van der Waals surface area (Å²) in [5, 5.41) is 33.0. The van der Waals surface area contributed by atoms with Crippen LogP contribution in [0, 0.1) is 0 Å². The van der Waals surface area contributed by atoms with Crippen LogP contribution in [-0.4, -0.2) is 86.3 Å². The van der Waals surface area contributed by atoms with Crippen molar-refractivity contribution in [3.05, 3.63) is 71.8 Å². The van der Waals surface area contributed by atoms with E-state index in [0.717, 1.165) is 0 Å². The Hall–Kier alpha value is -3.39. The molecule has 4 rings (SSSR count). The van der Waals surface area contributed by atoms with Gasteiger partial charge in [0.15, 0.2) is 5.79 Å². The molecule has 2 saturated heterocycles. The maximum atomic E-state index is 14.5. The van der Waals surface area contributed by atoms with Crippen molar-refractivity contribution in [3.63, 3.8) is 0 Å². The van der Waals surface area contributed by atoms with Gasteiger partial charge in [-0.3, -0.25) is 0 Å². The van der Waals surface area contributed by atoms with Crippen LogP contribution in [0.5, 0.6) is 0 Å². The summed E-state index contributed by atoms with van der Waals surface area (Å²) >= 11 is 0. The van der Waals surface area contributed by atoms with Gasteiger partial charge in [-0.25, -0.2) is 14.4 Å². The number of carboxylic acids is 1. The second kappa shape index (κ2) is 13.4. The number of carbonyl (C=O) groups is 3. The van der Waals surface area contributed by atoms with Crippen molar-refractivity contribution in [3.8, 4) is 0 Å². The number of aliphatic hydroxyl groups excluding tert-OH is 1. The molecule has 252 valence electrons. The fraction of sp³-hybridized carbons (Fsp3) is 0.559. The Kier molecular flexibility index (Phi) is 10.3. The van der Waals surface area contributed by atoms with Gasteiger partial charge in [0, 0.05) is 13.0 Å². The minimum absolute atomic E-state index is 0.0214. The average molecular weight is 645 g/mol. The van der Waals surface area contributed by atoms with Gasteiger partial charge < -0.3 is 43.7 Å². The summed E-state index contributed by atoms with van der Waals surface area (Å²) in [6.45, 7) is 8.75. The molecule has 0 saturated carbocycles. The molecule has 2 aliphatic heterocycles. The van der Waals surface area contributed by atoms with Gasteiger partial charge in [-0.05, 0) is 59.1 Å². The fourth-order valence-corrected chi connectivity index (χ4v) is 5.73. The molecule has 0 unspecified atom stereocenters. The molecule has 0 aliphatic carbocycles. The fourth-order valence-electron chi connectivity index (χ4n) is 5.73. The molecule has 3 N–H and O–H groups in total. The Morgan fingerprint density at radius 2 is 1.30 bits per heavy atom. The van der Waals surface area contributed by atoms with Crippen LogP contribution in [0.4, 0.5) is 0 Å². The second-order valence-electron chi connectivity index (χ2n) is 13.5. The van der Waals surface area contributed by atoms with Crippen LogP contribution in [-0.2, 0) is 56.0 Å². The second-order valence-corrected chi connectivity index (χ2v) is 13.5. The van der Waals surface area contributed by atoms with E-state index in [1.54, 1.807) is 96.1 Å². The van der Waals surface area contributed by atoms with Gasteiger partial charge in [0.2, 0.25) is 17.3 Å². The summed E-state index contributed by atoms with van der Waals surface area (Å²) in [5.41, 5.74) is -7.33. The lowest BCUT2D eigenvalue weighted by atomic mass is 9.74. The number of carboxylic acid groups (broad SMARTS) is 1. The molecule has 46 heavy (non-hydrogen) atoms. The topological polar surface area (TPSA) is 167 Å². The van der Waals surface area contributed by atoms with Gasteiger partial charge in [-0.1, -0.05) is 60.7 Å². The van der Waals surface area contributed by atoms with E-state index in [2.05, 4.69) is 0 Å². The first-order valence-electron chi connectivity index (χ1n) is 15.2. The summed E-state index contributed by atoms with van der Waals surface area (Å²) in [6.07, 6.45) is -5.61. The van der Waals surface area contributed by atoms with E-state index in [0.29, 0.717) is 11.1 Å². The Labute approximate surface area is 268 Å². The van der Waals surface area contributed by atoms with Crippen LogP contribution in [0.2, 0.25) is 0 Å². The SMILES string of the molecule is CC(C)(C)OC(=O)[C@H]1O[C@@]2(CCCO)O[C@](C(=O)OC(C)(C)C)([C@H](OCc3ccccc3)[C@H]2OCc2ccccc2)[C@]1(O)C(=O)O. The Morgan fingerprint density at radius 1 is 0.804 bits per heavy atom. The highest BCUT2D eigenvalue weighted by molar-refractivity contribution is 5.99. The normalized spacial score (nSPS) is 29.3. The molecule has 2 bridgehead atoms. The van der Waals surface area contributed by atoms with Crippen LogP contribution < -0.4 is 0 Å². The zero-order chi connectivity index (χ0) is 34.0. The minimum atomic E-state index is -3.44. The third kappa shape index (κ3) is 6.97. The maximum absolute atomic E-state index is 14.5. The van der Waals surface area contributed by atoms with Gasteiger partial charge >= 0.3 is 17.9 Å². The number of benzene rings is 2. The van der Waals surface area contributed by atoms with E-state index in [1.807, 2.05) is 6.07 Å². The van der Waals surface area contributed by atoms with Crippen molar-refractivity contribution in [2.45, 2.75) is 114 Å². The summed E-state index contributed by atoms with van der Waals surface area (Å²) in [6, 6.07) is 17.9. The first-order valence-corrected chi connectivity index (χ1v) is 15.2. The lowest BCUT2D eigenvalue weighted by Gasteiger charge is -2.50. The molecular weight excluding hydrogens is 600 g/mol. The summed E-state index contributed by atoms with van der Waals surface area (Å²) in [7, 11) is 0. The lowest BCUT2D eigenvalue weighted by molar-refractivity contribution is -0.379. The quantitative estimate of drug-likeness (QED) is 0.289. The number of hydrogen-bond acceptors (Lipinski definition) is 11. The molecular formula is C34H44O12. The Bertz CT molecular complexity index is 1370. The summed E-state index contributed by atoms with van der Waals surface area (Å²) < 4.78 is 36.6. The highest BCUT2D eigenvalue weighted by atomic mass is 16.8. The number of aliphatic carboxylic acids is 1. The number of carbonyl (C=O) groups excluding carboxylic acids is 2. The van der Waals surface area contributed by atoms with Crippen molar-refractivity contribution in [1.82, 2.24) is 0 Å². The highest BCUT2D eigenvalue weighted by Crippen LogP contribution is 2.57. The number of fused-ring (bicyclic) bond motifs is 2. The van der Waals surface area contributed by atoms with E-state index in [1.165, 1.54) is 0 Å². The van der Waals surface area contributed by atoms with Gasteiger partial charge in [0.25, 0.3) is 0 Å². The number of aliphatic hydroxyl groups is 2. The van der Waals surface area contributed by atoms with Crippen LogP contribution in [0.1, 0.15) is 65.5 Å². The van der Waals surface area contributed by atoms with Crippen molar-refractivity contribution < 1.29 is 58.1 Å². The van der Waals surface area contributed by atoms with Crippen molar-refractivity contribution in [2.24, 2.45) is 0 Å². The van der Waals surface area contributed by atoms with Crippen molar-refractivity contribution in [2.75, 3.05) is 6.61 Å². The average Bonchev–Trinajstić information content (AvgIpc) is 3.22. The van der Waals surface area contributed by atoms with Crippen LogP contribution in [0.25, 0.3) is 0 Å². The predicted molar refractivity (Wildman–Crippen MR) is 162 cm³/mol. The van der Waals surface area contributed by atoms with Gasteiger partial charge in [0.05, 0.1) is 13.2 Å². The van der Waals surface area contributed by atoms with E-state index >= 15 is 0 Å². The Morgan fingerprint density at radius 3 is 1.76 bits per heavy atom. The van der Waals surface area contributed by atoms with Gasteiger partial charge in [-0.2, -0.15) is 0 Å². The molecule has 2 aromatic rings. The summed E-state index contributed by atoms with van der Waals surface area (Å²) in [5.74, 6) is -6.66. The molecule has 0 radical (unpaired) electrons. The monoisotopic (exact) mass is 644 g/mol. The van der Waals surface area contributed by atoms with E-state index < -0.39 is 64.4 Å². The summed E-state index contributed by atoms with van der Waals surface area (Å²) in [4.78, 5) is 41.5. The van der Waals surface area contributed by atoms with Crippen molar-refractivity contribution in [1.29, 1.82) is 0 Å². The number of rotatable bonds is 12. The van der Waals surface area contributed by atoms with E-state index in [9.17, 15) is 29.7 Å². The van der Waals surface area contributed by atoms with Gasteiger partial charge in [0.1, 0.15) is 23.4 Å². The van der Waals surface area contributed by atoms with E-state index in [-0.39, 0.29) is 32.7 Å². The smallest absolute Gasteiger partial charge is 0.345 e. The first kappa shape index (κ1) is 35.5. The van der Waals surface area contributed by atoms with Gasteiger partial charge in [-0.15, -0.1) is 0 Å². The molecule has 2 aromatic carbocycles.